The van der Waals surface area contributed by atoms with E-state index in [4.69, 9.17) is 4.74 Å². The number of nitrogens with zero attached hydrogens (tertiary/aromatic N) is 1. The first-order chi connectivity index (χ1) is 18.7. The van der Waals surface area contributed by atoms with Crippen molar-refractivity contribution in [2.45, 2.75) is 24.4 Å². The predicted molar refractivity (Wildman–Crippen MR) is 142 cm³/mol. The van der Waals surface area contributed by atoms with Gasteiger partial charge in [0.1, 0.15) is 11.7 Å². The Kier molecular flexibility index (Phi) is 7.07. The molecule has 2 aliphatic rings. The molecule has 1 fully saturated rings. The van der Waals surface area contributed by atoms with Gasteiger partial charge in [-0.1, -0.05) is 78.4 Å². The number of rotatable bonds is 7. The third-order valence-corrected chi connectivity index (χ3v) is 8.75. The van der Waals surface area contributed by atoms with E-state index in [0.717, 1.165) is 10.5 Å². The molecular formula is C29H26N2O7S. The minimum Gasteiger partial charge on any atom is -0.448 e. The van der Waals surface area contributed by atoms with Gasteiger partial charge < -0.3 is 15.2 Å². The van der Waals surface area contributed by atoms with Crippen molar-refractivity contribution < 1.29 is 32.6 Å². The van der Waals surface area contributed by atoms with Crippen LogP contribution in [0.3, 0.4) is 0 Å². The summed E-state index contributed by atoms with van der Waals surface area (Å²) in [6.07, 6.45) is -0.849. The second-order valence-corrected chi connectivity index (χ2v) is 11.5. The molecule has 39 heavy (non-hydrogen) atoms. The summed E-state index contributed by atoms with van der Waals surface area (Å²) in [5.41, 5.74) is 2.07. The molecule has 0 spiro atoms. The molecule has 2 atom stereocenters. The molecule has 10 heteroatoms. The number of fused-ring (bicyclic) bond motifs is 1. The van der Waals surface area contributed by atoms with Gasteiger partial charge in [-0.05, 0) is 30.2 Å². The fraction of sp³-hybridized carbons (Fsp3) is 0.207. The number of sulfone groups is 1. The van der Waals surface area contributed by atoms with Crippen molar-refractivity contribution >= 4 is 27.6 Å². The van der Waals surface area contributed by atoms with Crippen molar-refractivity contribution in [3.8, 4) is 0 Å². The topological polar surface area (TPSA) is 130 Å². The lowest BCUT2D eigenvalue weighted by molar-refractivity contribution is -0.154. The number of carbonyl (C=O) groups is 3. The Morgan fingerprint density at radius 1 is 0.974 bits per heavy atom. The smallest absolute Gasteiger partial charge is 0.356 e. The molecule has 2 heterocycles. The van der Waals surface area contributed by atoms with E-state index in [0.29, 0.717) is 11.1 Å². The minimum atomic E-state index is -4.04. The zero-order valence-corrected chi connectivity index (χ0v) is 21.8. The first-order valence-electron chi connectivity index (χ1n) is 12.3. The normalized spacial score (nSPS) is 19.8. The summed E-state index contributed by atoms with van der Waals surface area (Å²) in [5.74, 6) is -3.00. The summed E-state index contributed by atoms with van der Waals surface area (Å²) in [6, 6.07) is 23.1. The second-order valence-electron chi connectivity index (χ2n) is 9.44. The zero-order valence-electron chi connectivity index (χ0n) is 21.0. The van der Waals surface area contributed by atoms with Crippen molar-refractivity contribution in [2.75, 3.05) is 12.4 Å². The Bertz CT molecular complexity index is 1510. The molecule has 9 nitrogen and oxygen atoms in total. The van der Waals surface area contributed by atoms with Crippen LogP contribution in [-0.4, -0.2) is 60.0 Å². The third-order valence-electron chi connectivity index (χ3n) is 6.78. The lowest BCUT2D eigenvalue weighted by atomic mass is 10.0. The van der Waals surface area contributed by atoms with E-state index < -0.39 is 57.5 Å². The van der Waals surface area contributed by atoms with E-state index in [1.807, 2.05) is 19.1 Å². The van der Waals surface area contributed by atoms with Gasteiger partial charge in [0.05, 0.1) is 12.4 Å². The van der Waals surface area contributed by atoms with Crippen LogP contribution in [0.5, 0.6) is 0 Å². The van der Waals surface area contributed by atoms with E-state index in [-0.39, 0.29) is 16.8 Å². The van der Waals surface area contributed by atoms with E-state index in [9.17, 15) is 27.9 Å². The number of ether oxygens (including phenoxy) is 1. The second kappa shape index (κ2) is 10.5. The van der Waals surface area contributed by atoms with Crippen LogP contribution in [0.25, 0.3) is 0 Å². The monoisotopic (exact) mass is 546 g/mol. The zero-order chi connectivity index (χ0) is 27.7. The maximum absolute atomic E-state index is 13.6. The van der Waals surface area contributed by atoms with Crippen LogP contribution in [0, 0.1) is 6.92 Å². The van der Waals surface area contributed by atoms with Gasteiger partial charge in [-0.25, -0.2) is 13.2 Å². The average molecular weight is 547 g/mol. The first kappa shape index (κ1) is 26.3. The number of hydrogen-bond acceptors (Lipinski definition) is 7. The Balaban J connectivity index is 1.45. The molecule has 0 bridgehead atoms. The maximum atomic E-state index is 13.6. The lowest BCUT2D eigenvalue weighted by Crippen LogP contribution is -2.75. The molecule has 200 valence electrons. The SMILES string of the molecule is Cc1ccc(C(=O)N[C@H]2C(=O)N3C(C(=O)OC(c4ccccc4)c4ccccc4)=C(CO)CS(=O)(=O)[C@@H]23)cc1. The van der Waals surface area contributed by atoms with Gasteiger partial charge in [-0.2, -0.15) is 0 Å². The quantitative estimate of drug-likeness (QED) is 0.344. The van der Waals surface area contributed by atoms with E-state index >= 15 is 0 Å². The summed E-state index contributed by atoms with van der Waals surface area (Å²) < 4.78 is 32.1. The molecule has 2 N–H and O–H groups in total. The fourth-order valence-corrected chi connectivity index (χ4v) is 6.82. The molecule has 3 aromatic rings. The van der Waals surface area contributed by atoms with Crippen LogP contribution in [0.2, 0.25) is 0 Å². The molecular weight excluding hydrogens is 520 g/mol. The highest BCUT2D eigenvalue weighted by Gasteiger charge is 2.60. The van der Waals surface area contributed by atoms with Crippen LogP contribution in [0.15, 0.2) is 96.2 Å². The molecule has 2 aliphatic heterocycles. The summed E-state index contributed by atoms with van der Waals surface area (Å²) in [7, 11) is -4.04. The highest BCUT2D eigenvalue weighted by Crippen LogP contribution is 2.38. The van der Waals surface area contributed by atoms with Crippen LogP contribution in [0.4, 0.5) is 0 Å². The average Bonchev–Trinajstić information content (AvgIpc) is 2.94. The first-order valence-corrected chi connectivity index (χ1v) is 14.0. The number of carbonyl (C=O) groups excluding carboxylic acids is 3. The number of nitrogens with one attached hydrogen (secondary N) is 1. The lowest BCUT2D eigenvalue weighted by Gasteiger charge is -2.49. The van der Waals surface area contributed by atoms with Gasteiger partial charge in [0.25, 0.3) is 11.8 Å². The largest absolute Gasteiger partial charge is 0.448 e. The number of esters is 1. The number of hydrogen-bond donors (Lipinski definition) is 2. The summed E-state index contributed by atoms with van der Waals surface area (Å²) in [5, 5.41) is 11.0. The van der Waals surface area contributed by atoms with Gasteiger partial charge in [0.2, 0.25) is 0 Å². The van der Waals surface area contributed by atoms with Crippen LogP contribution < -0.4 is 5.32 Å². The predicted octanol–water partition coefficient (Wildman–Crippen LogP) is 2.27. The van der Waals surface area contributed by atoms with Crippen molar-refractivity contribution in [3.05, 3.63) is 118 Å². The van der Waals surface area contributed by atoms with E-state index in [2.05, 4.69) is 5.32 Å². The Labute approximate surface area is 225 Å². The number of β-lactam (4-membered cyclic amide) rings is 1. The van der Waals surface area contributed by atoms with Gasteiger partial charge in [0, 0.05) is 11.1 Å². The Morgan fingerprint density at radius 3 is 2.08 bits per heavy atom. The van der Waals surface area contributed by atoms with Crippen LogP contribution >= 0.6 is 0 Å². The highest BCUT2D eigenvalue weighted by molar-refractivity contribution is 7.92. The van der Waals surface area contributed by atoms with Crippen molar-refractivity contribution in [3.63, 3.8) is 0 Å². The van der Waals surface area contributed by atoms with Gasteiger partial charge in [-0.15, -0.1) is 0 Å². The number of aryl methyl sites for hydroxylation is 1. The summed E-state index contributed by atoms with van der Waals surface area (Å²) >= 11 is 0. The number of amides is 2. The number of aliphatic hydroxyl groups is 1. The number of aliphatic hydroxyl groups excluding tert-OH is 1. The Morgan fingerprint density at radius 2 is 1.54 bits per heavy atom. The van der Waals surface area contributed by atoms with E-state index in [1.165, 1.54) is 0 Å². The molecule has 0 unspecified atom stereocenters. The maximum Gasteiger partial charge on any atom is 0.356 e. The number of benzene rings is 3. The van der Waals surface area contributed by atoms with Gasteiger partial charge >= 0.3 is 5.97 Å². The molecule has 3 aromatic carbocycles. The summed E-state index contributed by atoms with van der Waals surface area (Å²) in [6.45, 7) is 1.09. The molecule has 0 saturated carbocycles. The fourth-order valence-electron chi connectivity index (χ4n) is 4.81. The molecule has 0 aromatic heterocycles. The standard InChI is InChI=1S/C29H26N2O7S/c1-18-12-14-21(15-13-18)26(33)30-23-27(34)31-24(22(16-32)17-39(36,37)28(23)31)29(35)38-25(19-8-4-2-5-9-19)20-10-6-3-7-11-20/h2-15,23,25,28,32H,16-17H2,1H3,(H,30,33)/t23-,28-/m0/s1. The van der Waals surface area contributed by atoms with Gasteiger partial charge in [-0.3, -0.25) is 14.5 Å². The molecule has 1 saturated heterocycles. The van der Waals surface area contributed by atoms with Crippen molar-refractivity contribution in [2.24, 2.45) is 0 Å². The molecule has 0 radical (unpaired) electrons. The minimum absolute atomic E-state index is 0.146. The highest BCUT2D eigenvalue weighted by atomic mass is 32.2. The van der Waals surface area contributed by atoms with E-state index in [1.54, 1.807) is 72.8 Å². The van der Waals surface area contributed by atoms with Crippen molar-refractivity contribution in [1.82, 2.24) is 10.2 Å². The van der Waals surface area contributed by atoms with Crippen LogP contribution in [0.1, 0.15) is 33.2 Å². The third kappa shape index (κ3) is 4.96. The summed E-state index contributed by atoms with van der Waals surface area (Å²) in [4.78, 5) is 40.4. The van der Waals surface area contributed by atoms with Crippen LogP contribution in [-0.2, 0) is 24.2 Å². The Hall–Kier alpha value is -4.28. The van der Waals surface area contributed by atoms with Crippen molar-refractivity contribution in [1.29, 1.82) is 0 Å². The molecule has 5 rings (SSSR count). The van der Waals surface area contributed by atoms with Gasteiger partial charge in [0.15, 0.2) is 21.3 Å². The molecule has 0 aliphatic carbocycles. The molecule has 2 amide bonds.